The maximum absolute atomic E-state index is 14.2. The molecular formula is C23H22FN3O6. The molecule has 3 heterocycles. The Labute approximate surface area is 188 Å². The van der Waals surface area contributed by atoms with Gasteiger partial charge in [0.15, 0.2) is 11.5 Å². The maximum atomic E-state index is 14.2. The number of anilines is 1. The summed E-state index contributed by atoms with van der Waals surface area (Å²) in [5, 5.41) is 25.4. The predicted octanol–water partition coefficient (Wildman–Crippen LogP) is 0.846. The molecule has 0 aromatic heterocycles. The number of nitrogens with one attached hydrogen (secondary N) is 2. The minimum Gasteiger partial charge on any atom is -0.504 e. The maximum Gasteiger partial charge on any atom is 0.250 e. The third-order valence-electron chi connectivity index (χ3n) is 6.78. The van der Waals surface area contributed by atoms with Crippen molar-refractivity contribution in [2.75, 3.05) is 25.6 Å². The molecule has 0 bridgehead atoms. The van der Waals surface area contributed by atoms with Crippen molar-refractivity contribution in [3.8, 4) is 11.5 Å². The molecule has 2 aromatic carbocycles. The van der Waals surface area contributed by atoms with E-state index < -0.39 is 47.0 Å². The van der Waals surface area contributed by atoms with E-state index in [1.165, 1.54) is 37.4 Å². The van der Waals surface area contributed by atoms with Gasteiger partial charge >= 0.3 is 0 Å². The predicted molar refractivity (Wildman–Crippen MR) is 113 cm³/mol. The zero-order valence-electron chi connectivity index (χ0n) is 17.7. The van der Waals surface area contributed by atoms with Gasteiger partial charge in [-0.05, 0) is 42.3 Å². The number of likely N-dealkylation sites (tertiary alicyclic amines) is 1. The van der Waals surface area contributed by atoms with E-state index in [0.29, 0.717) is 11.3 Å². The van der Waals surface area contributed by atoms with Crippen LogP contribution in [0, 0.1) is 17.7 Å². The molecule has 33 heavy (non-hydrogen) atoms. The van der Waals surface area contributed by atoms with E-state index in [9.17, 15) is 29.0 Å². The van der Waals surface area contributed by atoms with Crippen molar-refractivity contribution in [2.24, 2.45) is 11.8 Å². The Morgan fingerprint density at radius 3 is 2.61 bits per heavy atom. The van der Waals surface area contributed by atoms with E-state index >= 15 is 0 Å². The molecule has 9 nitrogen and oxygen atoms in total. The van der Waals surface area contributed by atoms with Gasteiger partial charge < -0.3 is 20.3 Å². The largest absolute Gasteiger partial charge is 0.504 e. The van der Waals surface area contributed by atoms with Crippen molar-refractivity contribution in [1.82, 2.24) is 10.2 Å². The first-order valence-electron chi connectivity index (χ1n) is 10.5. The molecule has 0 saturated carbocycles. The van der Waals surface area contributed by atoms with E-state index in [2.05, 4.69) is 10.6 Å². The molecule has 4 atom stereocenters. The number of amides is 3. The highest BCUT2D eigenvalue weighted by atomic mass is 19.1. The number of carbonyl (C=O) groups excluding carboxylic acids is 3. The standard InChI is InChI=1S/C23H22FN3O6/c1-33-7-6-27-20(30)18-15(8-11-2-5-16(28)17(29)9-11)26-23(19(18)21(27)31)13-10-12(24)3-4-14(13)25-22(23)32/h2-5,9-10,15,18-19,26,28-29H,6-8H2,1H3,(H,25,32)/t15-,18-,19+,23+/m1/s1. The van der Waals surface area contributed by atoms with E-state index in [1.54, 1.807) is 6.07 Å². The zero-order valence-corrected chi connectivity index (χ0v) is 17.7. The van der Waals surface area contributed by atoms with Gasteiger partial charge in [-0.2, -0.15) is 0 Å². The first-order valence-corrected chi connectivity index (χ1v) is 10.5. The quantitative estimate of drug-likeness (QED) is 0.389. The Kier molecular flexibility index (Phi) is 4.87. The van der Waals surface area contributed by atoms with E-state index in [4.69, 9.17) is 4.74 Å². The lowest BCUT2D eigenvalue weighted by Crippen LogP contribution is -2.53. The second-order valence-electron chi connectivity index (χ2n) is 8.55. The first kappa shape index (κ1) is 21.4. The number of carbonyl (C=O) groups is 3. The van der Waals surface area contributed by atoms with Gasteiger partial charge in [0.2, 0.25) is 17.7 Å². The number of imide groups is 1. The van der Waals surface area contributed by atoms with Crippen LogP contribution in [0.4, 0.5) is 10.1 Å². The molecule has 4 N–H and O–H groups in total. The number of benzene rings is 2. The summed E-state index contributed by atoms with van der Waals surface area (Å²) in [6, 6.07) is 7.47. The van der Waals surface area contributed by atoms with Crippen LogP contribution >= 0.6 is 0 Å². The number of hydrogen-bond donors (Lipinski definition) is 4. The summed E-state index contributed by atoms with van der Waals surface area (Å²) in [6.45, 7) is 0.187. The SMILES string of the molecule is COCCN1C(=O)[C@H]2[C@@H](C1=O)[C@]1(N[C@@H]2Cc2ccc(O)c(O)c2)C(=O)Nc2ccc(F)cc21. The van der Waals surface area contributed by atoms with Crippen molar-refractivity contribution in [3.05, 3.63) is 53.3 Å². The van der Waals surface area contributed by atoms with Crippen LogP contribution in [-0.4, -0.2) is 59.1 Å². The number of aromatic hydroxyl groups is 2. The van der Waals surface area contributed by atoms with Crippen LogP contribution in [0.15, 0.2) is 36.4 Å². The highest BCUT2D eigenvalue weighted by Crippen LogP contribution is 2.53. The zero-order chi connectivity index (χ0) is 23.5. The lowest BCUT2D eigenvalue weighted by Gasteiger charge is -2.29. The third kappa shape index (κ3) is 3.01. The van der Waals surface area contributed by atoms with Gasteiger partial charge in [-0.3, -0.25) is 24.6 Å². The fraction of sp³-hybridized carbons (Fsp3) is 0.348. The number of fused-ring (bicyclic) bond motifs is 4. The Morgan fingerprint density at radius 2 is 1.88 bits per heavy atom. The number of rotatable bonds is 5. The normalized spacial score (nSPS) is 27.9. The number of phenols is 2. The van der Waals surface area contributed by atoms with Crippen LogP contribution < -0.4 is 10.6 Å². The van der Waals surface area contributed by atoms with Gasteiger partial charge in [0.05, 0.1) is 25.0 Å². The van der Waals surface area contributed by atoms with Crippen molar-refractivity contribution >= 4 is 23.4 Å². The molecule has 2 fully saturated rings. The van der Waals surface area contributed by atoms with Crippen molar-refractivity contribution < 1.29 is 33.7 Å². The Hall–Kier alpha value is -3.50. The minimum atomic E-state index is -1.61. The van der Waals surface area contributed by atoms with Crippen LogP contribution in [0.3, 0.4) is 0 Å². The Bertz CT molecular complexity index is 1190. The number of phenolic OH excluding ortho intramolecular Hbond substituents is 2. The summed E-state index contributed by atoms with van der Waals surface area (Å²) in [5.74, 6) is -4.60. The minimum absolute atomic E-state index is 0.0432. The molecule has 0 aliphatic carbocycles. The average molecular weight is 455 g/mol. The van der Waals surface area contributed by atoms with Gasteiger partial charge in [-0.25, -0.2) is 4.39 Å². The fourth-order valence-electron chi connectivity index (χ4n) is 5.36. The summed E-state index contributed by atoms with van der Waals surface area (Å²) in [4.78, 5) is 41.2. The Balaban J connectivity index is 1.61. The van der Waals surface area contributed by atoms with E-state index in [-0.39, 0.29) is 36.6 Å². The van der Waals surface area contributed by atoms with Crippen molar-refractivity contribution in [2.45, 2.75) is 18.0 Å². The number of methoxy groups -OCH3 is 1. The second-order valence-corrected chi connectivity index (χ2v) is 8.55. The third-order valence-corrected chi connectivity index (χ3v) is 6.78. The number of hydrogen-bond acceptors (Lipinski definition) is 7. The molecule has 2 saturated heterocycles. The lowest BCUT2D eigenvalue weighted by molar-refractivity contribution is -0.143. The number of halogens is 1. The van der Waals surface area contributed by atoms with Crippen LogP contribution in [0.1, 0.15) is 11.1 Å². The van der Waals surface area contributed by atoms with E-state index in [1.807, 2.05) is 0 Å². The van der Waals surface area contributed by atoms with E-state index in [0.717, 1.165) is 4.90 Å². The molecule has 5 rings (SSSR count). The monoisotopic (exact) mass is 455 g/mol. The van der Waals surface area contributed by atoms with Gasteiger partial charge in [0.1, 0.15) is 11.4 Å². The molecule has 0 radical (unpaired) electrons. The van der Waals surface area contributed by atoms with Gasteiger partial charge in [0.25, 0.3) is 0 Å². The van der Waals surface area contributed by atoms with Crippen LogP contribution in [0.25, 0.3) is 0 Å². The highest BCUT2D eigenvalue weighted by molar-refractivity contribution is 6.15. The Morgan fingerprint density at radius 1 is 1.09 bits per heavy atom. The molecule has 0 unspecified atom stereocenters. The van der Waals surface area contributed by atoms with Crippen LogP contribution in [0.5, 0.6) is 11.5 Å². The van der Waals surface area contributed by atoms with Gasteiger partial charge in [-0.15, -0.1) is 0 Å². The van der Waals surface area contributed by atoms with Crippen molar-refractivity contribution in [3.63, 3.8) is 0 Å². The summed E-state index contributed by atoms with van der Waals surface area (Å²) in [6.07, 6.45) is 0.186. The summed E-state index contributed by atoms with van der Waals surface area (Å²) < 4.78 is 19.3. The fourth-order valence-corrected chi connectivity index (χ4v) is 5.36. The highest BCUT2D eigenvalue weighted by Gasteiger charge is 2.70. The number of nitrogens with zero attached hydrogens (tertiary/aromatic N) is 1. The molecule has 2 aromatic rings. The van der Waals surface area contributed by atoms with Crippen molar-refractivity contribution in [1.29, 1.82) is 0 Å². The molecule has 172 valence electrons. The van der Waals surface area contributed by atoms with Gasteiger partial charge in [-0.1, -0.05) is 6.07 Å². The topological polar surface area (TPSA) is 128 Å². The lowest BCUT2D eigenvalue weighted by atomic mass is 9.76. The molecule has 1 spiro atoms. The van der Waals surface area contributed by atoms with Gasteiger partial charge in [0, 0.05) is 24.4 Å². The molecule has 3 amide bonds. The molecule has 10 heteroatoms. The summed E-state index contributed by atoms with van der Waals surface area (Å²) in [7, 11) is 1.46. The summed E-state index contributed by atoms with van der Waals surface area (Å²) >= 11 is 0. The number of ether oxygens (including phenoxy) is 1. The molecular weight excluding hydrogens is 433 g/mol. The van der Waals surface area contributed by atoms with Crippen LogP contribution in [-0.2, 0) is 31.1 Å². The molecule has 3 aliphatic rings. The second kappa shape index (κ2) is 7.53. The smallest absolute Gasteiger partial charge is 0.250 e. The first-order chi connectivity index (χ1) is 15.8. The average Bonchev–Trinajstić information content (AvgIpc) is 3.34. The molecule has 3 aliphatic heterocycles. The summed E-state index contributed by atoms with van der Waals surface area (Å²) in [5.41, 5.74) is -0.355. The van der Waals surface area contributed by atoms with Crippen LogP contribution in [0.2, 0.25) is 0 Å².